The van der Waals surface area contributed by atoms with Crippen molar-refractivity contribution in [2.24, 2.45) is 0 Å². The summed E-state index contributed by atoms with van der Waals surface area (Å²) in [7, 11) is 1.61. The van der Waals surface area contributed by atoms with Crippen molar-refractivity contribution in [1.82, 2.24) is 10.6 Å². The maximum Gasteiger partial charge on any atom is 0.263 e. The molecule has 0 aliphatic carbocycles. The Kier molecular flexibility index (Phi) is 7.89. The lowest BCUT2D eigenvalue weighted by atomic mass is 10.1. The summed E-state index contributed by atoms with van der Waals surface area (Å²) in [6.45, 7) is 0.922. The highest BCUT2D eigenvalue weighted by atomic mass is 16.5. The Bertz CT molecular complexity index is 806. The lowest BCUT2D eigenvalue weighted by Gasteiger charge is -2.07. The first kappa shape index (κ1) is 20.0. The first-order chi connectivity index (χ1) is 13.2. The summed E-state index contributed by atoms with van der Waals surface area (Å²) in [6.07, 6.45) is 2.09. The Hall–Kier alpha value is -3.30. The fourth-order valence-corrected chi connectivity index (χ4v) is 2.39. The van der Waals surface area contributed by atoms with Gasteiger partial charge >= 0.3 is 0 Å². The SMILES string of the molecule is COc1ccc(CCNC(=O)/C(C#N)=C\NCc2ccc(CO)cc2)cc1. The number of amides is 1. The zero-order valence-electron chi connectivity index (χ0n) is 15.2. The number of methoxy groups -OCH3 is 1. The van der Waals surface area contributed by atoms with E-state index in [1.807, 2.05) is 54.6 Å². The van der Waals surface area contributed by atoms with Crippen LogP contribution in [0.3, 0.4) is 0 Å². The zero-order chi connectivity index (χ0) is 19.5. The minimum absolute atomic E-state index is 0.00287. The molecule has 0 saturated carbocycles. The van der Waals surface area contributed by atoms with Gasteiger partial charge in [-0.25, -0.2) is 0 Å². The van der Waals surface area contributed by atoms with Crippen LogP contribution in [0.15, 0.2) is 60.3 Å². The molecule has 2 aromatic rings. The summed E-state index contributed by atoms with van der Waals surface area (Å²) < 4.78 is 5.11. The van der Waals surface area contributed by atoms with Crippen LogP contribution in [0.2, 0.25) is 0 Å². The fourth-order valence-electron chi connectivity index (χ4n) is 2.39. The summed E-state index contributed by atoms with van der Waals surface area (Å²) >= 11 is 0. The smallest absolute Gasteiger partial charge is 0.263 e. The number of hydrogen-bond donors (Lipinski definition) is 3. The van der Waals surface area contributed by atoms with E-state index in [9.17, 15) is 10.1 Å². The standard InChI is InChI=1S/C21H23N3O3/c1-27-20-8-6-16(7-9-20)10-11-24-21(26)19(12-22)14-23-13-17-2-4-18(15-25)5-3-17/h2-9,14,23,25H,10-11,13,15H2,1H3,(H,24,26)/b19-14-. The highest BCUT2D eigenvalue weighted by molar-refractivity contribution is 5.97. The maximum absolute atomic E-state index is 12.1. The van der Waals surface area contributed by atoms with Gasteiger partial charge in [0.05, 0.1) is 13.7 Å². The van der Waals surface area contributed by atoms with E-state index < -0.39 is 5.91 Å². The molecule has 0 aliphatic rings. The number of rotatable bonds is 9. The van der Waals surface area contributed by atoms with Gasteiger partial charge in [0.15, 0.2) is 0 Å². The van der Waals surface area contributed by atoms with Gasteiger partial charge in [-0.1, -0.05) is 36.4 Å². The van der Waals surface area contributed by atoms with Crippen LogP contribution in [-0.2, 0) is 24.4 Å². The number of nitriles is 1. The number of carbonyl (C=O) groups is 1. The summed E-state index contributed by atoms with van der Waals surface area (Å²) in [5.74, 6) is 0.378. The van der Waals surface area contributed by atoms with E-state index in [1.165, 1.54) is 6.20 Å². The Morgan fingerprint density at radius 1 is 1.11 bits per heavy atom. The molecular formula is C21H23N3O3. The molecule has 2 aromatic carbocycles. The van der Waals surface area contributed by atoms with E-state index >= 15 is 0 Å². The van der Waals surface area contributed by atoms with E-state index in [4.69, 9.17) is 9.84 Å². The summed E-state index contributed by atoms with van der Waals surface area (Å²) in [5.41, 5.74) is 2.92. The molecule has 0 saturated heterocycles. The van der Waals surface area contributed by atoms with Gasteiger partial charge in [0.2, 0.25) is 0 Å². The average Bonchev–Trinajstić information content (AvgIpc) is 2.72. The largest absolute Gasteiger partial charge is 0.497 e. The third-order valence-electron chi connectivity index (χ3n) is 3.98. The second-order valence-electron chi connectivity index (χ2n) is 5.88. The van der Waals surface area contributed by atoms with Crippen molar-refractivity contribution in [3.8, 4) is 11.8 Å². The summed E-state index contributed by atoms with van der Waals surface area (Å²) in [6, 6.07) is 17.0. The van der Waals surface area contributed by atoms with Crippen LogP contribution in [0.5, 0.6) is 5.75 Å². The second-order valence-corrected chi connectivity index (χ2v) is 5.88. The van der Waals surface area contributed by atoms with Gasteiger partial charge < -0.3 is 20.5 Å². The van der Waals surface area contributed by atoms with Gasteiger partial charge in [-0.05, 0) is 35.2 Å². The van der Waals surface area contributed by atoms with Crippen molar-refractivity contribution in [2.45, 2.75) is 19.6 Å². The number of carbonyl (C=O) groups excluding carboxylic acids is 1. The summed E-state index contributed by atoms with van der Waals surface area (Å²) in [5, 5.41) is 23.9. The maximum atomic E-state index is 12.1. The molecule has 0 spiro atoms. The lowest BCUT2D eigenvalue weighted by molar-refractivity contribution is -0.117. The molecule has 0 atom stereocenters. The van der Waals surface area contributed by atoms with Gasteiger partial charge in [-0.15, -0.1) is 0 Å². The van der Waals surface area contributed by atoms with Crippen molar-refractivity contribution in [1.29, 1.82) is 5.26 Å². The Morgan fingerprint density at radius 2 is 1.74 bits per heavy atom. The van der Waals surface area contributed by atoms with Gasteiger partial charge in [-0.2, -0.15) is 5.26 Å². The van der Waals surface area contributed by atoms with Crippen LogP contribution in [0, 0.1) is 11.3 Å². The molecule has 0 aromatic heterocycles. The van der Waals surface area contributed by atoms with Gasteiger partial charge in [0.25, 0.3) is 5.91 Å². The van der Waals surface area contributed by atoms with Crippen LogP contribution in [0.25, 0.3) is 0 Å². The van der Waals surface area contributed by atoms with Crippen molar-refractivity contribution in [3.05, 3.63) is 77.0 Å². The number of ether oxygens (including phenoxy) is 1. The van der Waals surface area contributed by atoms with Gasteiger partial charge in [-0.3, -0.25) is 4.79 Å². The number of nitrogens with one attached hydrogen (secondary N) is 2. The highest BCUT2D eigenvalue weighted by Crippen LogP contribution is 2.11. The molecular weight excluding hydrogens is 342 g/mol. The Morgan fingerprint density at radius 3 is 2.33 bits per heavy atom. The normalized spacial score (nSPS) is 10.8. The van der Waals surface area contributed by atoms with E-state index in [0.29, 0.717) is 19.5 Å². The highest BCUT2D eigenvalue weighted by Gasteiger charge is 2.08. The Labute approximate surface area is 159 Å². The first-order valence-electron chi connectivity index (χ1n) is 8.59. The van der Waals surface area contributed by atoms with E-state index in [0.717, 1.165) is 22.4 Å². The molecule has 1 amide bonds. The first-order valence-corrected chi connectivity index (χ1v) is 8.59. The second kappa shape index (κ2) is 10.6. The van der Waals surface area contributed by atoms with Crippen molar-refractivity contribution >= 4 is 5.91 Å². The van der Waals surface area contributed by atoms with Crippen LogP contribution < -0.4 is 15.4 Å². The average molecular weight is 365 g/mol. The van der Waals surface area contributed by atoms with Crippen LogP contribution in [0.4, 0.5) is 0 Å². The fraction of sp³-hybridized carbons (Fsp3) is 0.238. The minimum Gasteiger partial charge on any atom is -0.497 e. The van der Waals surface area contributed by atoms with Gasteiger partial charge in [0, 0.05) is 19.3 Å². The van der Waals surface area contributed by atoms with Gasteiger partial charge in [0.1, 0.15) is 17.4 Å². The van der Waals surface area contributed by atoms with Crippen molar-refractivity contribution < 1.29 is 14.6 Å². The molecule has 0 heterocycles. The van der Waals surface area contributed by atoms with Crippen LogP contribution in [0.1, 0.15) is 16.7 Å². The molecule has 140 valence electrons. The topological polar surface area (TPSA) is 94.4 Å². The zero-order valence-corrected chi connectivity index (χ0v) is 15.2. The number of hydrogen-bond acceptors (Lipinski definition) is 5. The molecule has 3 N–H and O–H groups in total. The predicted molar refractivity (Wildman–Crippen MR) is 103 cm³/mol. The number of benzene rings is 2. The molecule has 0 radical (unpaired) electrons. The number of aliphatic hydroxyl groups is 1. The monoisotopic (exact) mass is 365 g/mol. The van der Waals surface area contributed by atoms with Crippen LogP contribution in [-0.4, -0.2) is 24.7 Å². The number of nitrogens with zero attached hydrogens (tertiary/aromatic N) is 1. The van der Waals surface area contributed by atoms with Crippen molar-refractivity contribution in [2.75, 3.05) is 13.7 Å². The molecule has 6 heteroatoms. The molecule has 0 aliphatic heterocycles. The molecule has 0 bridgehead atoms. The lowest BCUT2D eigenvalue weighted by Crippen LogP contribution is -2.27. The third kappa shape index (κ3) is 6.49. The quantitative estimate of drug-likeness (QED) is 0.467. The number of aliphatic hydroxyl groups excluding tert-OH is 1. The molecule has 2 rings (SSSR count). The van der Waals surface area contributed by atoms with E-state index in [-0.39, 0.29) is 12.2 Å². The Balaban J connectivity index is 1.79. The summed E-state index contributed by atoms with van der Waals surface area (Å²) in [4.78, 5) is 12.1. The molecule has 0 fully saturated rings. The third-order valence-corrected chi connectivity index (χ3v) is 3.98. The predicted octanol–water partition coefficient (Wildman–Crippen LogP) is 2.04. The molecule has 27 heavy (non-hydrogen) atoms. The van der Waals surface area contributed by atoms with Crippen LogP contribution >= 0.6 is 0 Å². The van der Waals surface area contributed by atoms with Crippen molar-refractivity contribution in [3.63, 3.8) is 0 Å². The van der Waals surface area contributed by atoms with E-state index in [1.54, 1.807) is 7.11 Å². The van der Waals surface area contributed by atoms with E-state index in [2.05, 4.69) is 10.6 Å². The minimum atomic E-state index is -0.408. The molecule has 0 unspecified atom stereocenters. The molecule has 6 nitrogen and oxygen atoms in total.